The summed E-state index contributed by atoms with van der Waals surface area (Å²) in [6.07, 6.45) is 6.54. The second-order valence-electron chi connectivity index (χ2n) is 9.49. The summed E-state index contributed by atoms with van der Waals surface area (Å²) in [5, 5.41) is 40.1. The van der Waals surface area contributed by atoms with Gasteiger partial charge in [0.25, 0.3) is 0 Å². The third-order valence-corrected chi connectivity index (χ3v) is 7.76. The van der Waals surface area contributed by atoms with Crippen molar-refractivity contribution in [2.24, 2.45) is 28.1 Å². The van der Waals surface area contributed by atoms with Crippen LogP contribution in [0.2, 0.25) is 0 Å². The number of hydrogen-bond donors (Lipinski definition) is 4. The molecule has 7 atom stereocenters. The van der Waals surface area contributed by atoms with Crippen LogP contribution in [0.3, 0.4) is 0 Å². The Morgan fingerprint density at radius 3 is 2.50 bits per heavy atom. The molecule has 4 heteroatoms. The highest BCUT2D eigenvalue weighted by atomic mass is 16.3. The summed E-state index contributed by atoms with van der Waals surface area (Å²) in [7, 11) is 0. The fraction of sp³-hybridized carbons (Fsp3) is 0.900. The van der Waals surface area contributed by atoms with E-state index in [1.165, 1.54) is 5.57 Å². The smallest absolute Gasteiger partial charge is 0.0858 e. The zero-order valence-electron chi connectivity index (χ0n) is 15.3. The molecule has 0 heterocycles. The van der Waals surface area contributed by atoms with Crippen molar-refractivity contribution in [1.82, 2.24) is 0 Å². The van der Waals surface area contributed by atoms with Crippen molar-refractivity contribution in [3.05, 3.63) is 11.6 Å². The second kappa shape index (κ2) is 6.08. The lowest BCUT2D eigenvalue weighted by Gasteiger charge is -2.61. The molecule has 3 aliphatic carbocycles. The van der Waals surface area contributed by atoms with Gasteiger partial charge in [-0.15, -0.1) is 0 Å². The molecule has 0 bridgehead atoms. The normalized spacial score (nSPS) is 49.8. The van der Waals surface area contributed by atoms with E-state index in [9.17, 15) is 20.4 Å². The van der Waals surface area contributed by atoms with Crippen LogP contribution in [0, 0.1) is 28.1 Å². The van der Waals surface area contributed by atoms with Crippen molar-refractivity contribution in [2.45, 2.75) is 71.5 Å². The van der Waals surface area contributed by atoms with E-state index in [0.717, 1.165) is 32.1 Å². The third-order valence-electron chi connectivity index (χ3n) is 7.76. The van der Waals surface area contributed by atoms with Crippen LogP contribution in [-0.2, 0) is 0 Å². The third kappa shape index (κ3) is 2.66. The molecule has 138 valence electrons. The molecule has 0 saturated heterocycles. The van der Waals surface area contributed by atoms with Gasteiger partial charge in [-0.3, -0.25) is 0 Å². The summed E-state index contributed by atoms with van der Waals surface area (Å²) in [5.74, 6) is 0.837. The number of fused-ring (bicyclic) bond motifs is 3. The zero-order valence-corrected chi connectivity index (χ0v) is 15.3. The van der Waals surface area contributed by atoms with E-state index in [1.807, 2.05) is 6.92 Å². The van der Waals surface area contributed by atoms with Gasteiger partial charge in [0.1, 0.15) is 0 Å². The van der Waals surface area contributed by atoms with E-state index in [0.29, 0.717) is 18.3 Å². The van der Waals surface area contributed by atoms with Gasteiger partial charge in [-0.1, -0.05) is 32.4 Å². The van der Waals surface area contributed by atoms with Crippen molar-refractivity contribution < 1.29 is 20.4 Å². The Kier molecular flexibility index (Phi) is 4.66. The highest BCUT2D eigenvalue weighted by Gasteiger charge is 2.57. The predicted molar refractivity (Wildman–Crippen MR) is 93.3 cm³/mol. The van der Waals surface area contributed by atoms with Gasteiger partial charge in [-0.25, -0.2) is 0 Å². The van der Waals surface area contributed by atoms with E-state index in [1.54, 1.807) is 0 Å². The highest BCUT2D eigenvalue weighted by Crippen LogP contribution is 2.63. The quantitative estimate of drug-likeness (QED) is 0.595. The Bertz CT molecular complexity index is 518. The van der Waals surface area contributed by atoms with E-state index in [-0.39, 0.29) is 35.6 Å². The summed E-state index contributed by atoms with van der Waals surface area (Å²) in [4.78, 5) is 0. The van der Waals surface area contributed by atoms with Crippen LogP contribution in [0.1, 0.15) is 59.3 Å². The minimum Gasteiger partial charge on any atom is -0.396 e. The summed E-state index contributed by atoms with van der Waals surface area (Å²) in [6, 6.07) is 0. The summed E-state index contributed by atoms with van der Waals surface area (Å²) in [6.45, 7) is 6.41. The molecule has 2 fully saturated rings. The first-order valence-electron chi connectivity index (χ1n) is 9.48. The molecule has 3 rings (SSSR count). The molecule has 0 spiro atoms. The van der Waals surface area contributed by atoms with Crippen molar-refractivity contribution in [3.63, 3.8) is 0 Å². The molecule has 0 aromatic carbocycles. The molecule has 0 aromatic heterocycles. The maximum atomic E-state index is 10.5. The first-order valence-corrected chi connectivity index (χ1v) is 9.48. The standard InChI is InChI=1S/C20H34O4/c1-18(17(24)11-21)7-6-15-13(8-18)4-5-16-19(2,12-22)9-14(23)10-20(15,16)3/h8,14-17,21-24H,4-7,9-12H2,1-3H3/t14?,15?,16?,17?,18-,19-,20-/m0/s1. The molecular formula is C20H34O4. The topological polar surface area (TPSA) is 80.9 Å². The largest absolute Gasteiger partial charge is 0.396 e. The average molecular weight is 338 g/mol. The average Bonchev–Trinajstić information content (AvgIpc) is 2.52. The number of aliphatic hydroxyl groups excluding tert-OH is 4. The highest BCUT2D eigenvalue weighted by molar-refractivity contribution is 5.25. The fourth-order valence-corrected chi connectivity index (χ4v) is 6.46. The van der Waals surface area contributed by atoms with Crippen LogP contribution < -0.4 is 0 Å². The van der Waals surface area contributed by atoms with Crippen LogP contribution in [0.5, 0.6) is 0 Å². The SMILES string of the molecule is C[C@@]1(CO)CC(O)C[C@@]2(C)C3CC[C@](C)(C(O)CO)C=C3CCC12. The maximum Gasteiger partial charge on any atom is 0.0858 e. The van der Waals surface area contributed by atoms with Crippen LogP contribution in [0.15, 0.2) is 11.6 Å². The van der Waals surface area contributed by atoms with Gasteiger partial charge in [-0.2, -0.15) is 0 Å². The van der Waals surface area contributed by atoms with Gasteiger partial charge in [0.15, 0.2) is 0 Å². The summed E-state index contributed by atoms with van der Waals surface area (Å²) in [5.41, 5.74) is 0.843. The first kappa shape index (κ1) is 18.4. The first-order chi connectivity index (χ1) is 11.2. The molecule has 24 heavy (non-hydrogen) atoms. The van der Waals surface area contributed by atoms with Crippen LogP contribution in [-0.4, -0.2) is 45.8 Å². The molecule has 4 unspecified atom stereocenters. The lowest BCUT2D eigenvalue weighted by molar-refractivity contribution is -0.134. The molecule has 3 aliphatic rings. The van der Waals surface area contributed by atoms with Crippen LogP contribution >= 0.6 is 0 Å². The lowest BCUT2D eigenvalue weighted by atomic mass is 9.44. The fourth-order valence-electron chi connectivity index (χ4n) is 6.46. The number of rotatable bonds is 3. The van der Waals surface area contributed by atoms with Crippen molar-refractivity contribution in [3.8, 4) is 0 Å². The molecule has 0 aliphatic heterocycles. The number of hydrogen-bond acceptors (Lipinski definition) is 4. The molecule has 2 saturated carbocycles. The molecule has 4 N–H and O–H groups in total. The van der Waals surface area contributed by atoms with E-state index >= 15 is 0 Å². The minimum absolute atomic E-state index is 0.00469. The van der Waals surface area contributed by atoms with E-state index in [2.05, 4.69) is 19.9 Å². The number of allylic oxidation sites excluding steroid dienone is 1. The number of aliphatic hydroxyl groups is 4. The second-order valence-corrected chi connectivity index (χ2v) is 9.49. The van der Waals surface area contributed by atoms with Crippen LogP contribution in [0.25, 0.3) is 0 Å². The minimum atomic E-state index is -0.712. The maximum absolute atomic E-state index is 10.5. The summed E-state index contributed by atoms with van der Waals surface area (Å²) >= 11 is 0. The Hall–Kier alpha value is -0.420. The van der Waals surface area contributed by atoms with Gasteiger partial charge >= 0.3 is 0 Å². The van der Waals surface area contributed by atoms with E-state index in [4.69, 9.17) is 0 Å². The zero-order chi connectivity index (χ0) is 17.8. The molecule has 0 aromatic rings. The van der Waals surface area contributed by atoms with Gasteiger partial charge in [0.2, 0.25) is 0 Å². The van der Waals surface area contributed by atoms with Crippen molar-refractivity contribution >= 4 is 0 Å². The van der Waals surface area contributed by atoms with Crippen molar-refractivity contribution in [1.29, 1.82) is 0 Å². The van der Waals surface area contributed by atoms with E-state index < -0.39 is 6.10 Å². The Balaban J connectivity index is 1.95. The van der Waals surface area contributed by atoms with Crippen molar-refractivity contribution in [2.75, 3.05) is 13.2 Å². The Morgan fingerprint density at radius 2 is 1.88 bits per heavy atom. The Labute approximate surface area is 145 Å². The molecule has 0 radical (unpaired) electrons. The van der Waals surface area contributed by atoms with Gasteiger partial charge in [0.05, 0.1) is 18.8 Å². The molecule has 4 nitrogen and oxygen atoms in total. The monoisotopic (exact) mass is 338 g/mol. The van der Waals surface area contributed by atoms with Gasteiger partial charge in [0, 0.05) is 12.0 Å². The van der Waals surface area contributed by atoms with Gasteiger partial charge < -0.3 is 20.4 Å². The Morgan fingerprint density at radius 1 is 1.17 bits per heavy atom. The van der Waals surface area contributed by atoms with Gasteiger partial charge in [-0.05, 0) is 61.2 Å². The van der Waals surface area contributed by atoms with Crippen LogP contribution in [0.4, 0.5) is 0 Å². The molecule has 0 amide bonds. The predicted octanol–water partition coefficient (Wildman–Crippen LogP) is 2.25. The molecular weight excluding hydrogens is 304 g/mol. The lowest BCUT2D eigenvalue weighted by Crippen LogP contribution is -2.56. The summed E-state index contributed by atoms with van der Waals surface area (Å²) < 4.78 is 0.